The Labute approximate surface area is 102 Å². The number of hydrogen-bond acceptors (Lipinski definition) is 3. The van der Waals surface area contributed by atoms with Gasteiger partial charge in [0.2, 0.25) is 0 Å². The number of amidine groups is 1. The predicted octanol–water partition coefficient (Wildman–Crippen LogP) is 2.57. The smallest absolute Gasteiger partial charge is 0.145 e. The van der Waals surface area contributed by atoms with Gasteiger partial charge in [-0.05, 0) is 17.5 Å². The van der Waals surface area contributed by atoms with Crippen molar-refractivity contribution in [1.82, 2.24) is 0 Å². The first kappa shape index (κ1) is 13.4. The molecule has 1 aromatic rings. The Kier molecular flexibility index (Phi) is 4.82. The average Bonchev–Trinajstić information content (AvgIpc) is 2.35. The molecule has 94 valence electrons. The highest BCUT2D eigenvalue weighted by molar-refractivity contribution is 5.81. The van der Waals surface area contributed by atoms with E-state index < -0.39 is 0 Å². The Bertz CT molecular complexity index is 389. The Morgan fingerprint density at radius 1 is 1.35 bits per heavy atom. The fourth-order valence-electron chi connectivity index (χ4n) is 1.49. The Hall–Kier alpha value is -1.71. The summed E-state index contributed by atoms with van der Waals surface area (Å²) < 4.78 is 5.71. The summed E-state index contributed by atoms with van der Waals surface area (Å²) in [6.45, 7) is 6.50. The van der Waals surface area contributed by atoms with E-state index in [0.717, 1.165) is 5.75 Å². The van der Waals surface area contributed by atoms with E-state index in [-0.39, 0.29) is 11.8 Å². The minimum atomic E-state index is -0.111. The molecular weight excluding hydrogens is 216 g/mol. The van der Waals surface area contributed by atoms with E-state index >= 15 is 0 Å². The molecule has 0 saturated heterocycles. The van der Waals surface area contributed by atoms with Crippen molar-refractivity contribution in [3.8, 4) is 5.75 Å². The molecule has 0 aliphatic carbocycles. The van der Waals surface area contributed by atoms with Gasteiger partial charge in [0.1, 0.15) is 11.6 Å². The van der Waals surface area contributed by atoms with Gasteiger partial charge in [0.15, 0.2) is 0 Å². The second kappa shape index (κ2) is 6.13. The molecule has 1 unspecified atom stereocenters. The molecule has 1 rings (SSSR count). The molecule has 0 heterocycles. The number of ether oxygens (including phenoxy) is 1. The molecule has 0 aliphatic rings. The molecule has 0 aromatic heterocycles. The predicted molar refractivity (Wildman–Crippen MR) is 68.6 cm³/mol. The monoisotopic (exact) mass is 236 g/mol. The van der Waals surface area contributed by atoms with Crippen molar-refractivity contribution in [3.05, 3.63) is 29.8 Å². The molecule has 4 heteroatoms. The van der Waals surface area contributed by atoms with Crippen molar-refractivity contribution in [3.63, 3.8) is 0 Å². The van der Waals surface area contributed by atoms with Crippen LogP contribution in [0.1, 0.15) is 32.3 Å². The molecular formula is C13H20N2O2. The van der Waals surface area contributed by atoms with Crippen molar-refractivity contribution < 1.29 is 9.94 Å². The van der Waals surface area contributed by atoms with Crippen molar-refractivity contribution >= 4 is 5.84 Å². The van der Waals surface area contributed by atoms with Crippen molar-refractivity contribution in [1.29, 1.82) is 0 Å². The van der Waals surface area contributed by atoms with Crippen LogP contribution in [0.5, 0.6) is 5.75 Å². The number of hydrogen-bond donors (Lipinski definition) is 2. The molecule has 0 fully saturated rings. The van der Waals surface area contributed by atoms with Crippen molar-refractivity contribution in [2.24, 2.45) is 16.8 Å². The van der Waals surface area contributed by atoms with Gasteiger partial charge in [-0.2, -0.15) is 0 Å². The lowest BCUT2D eigenvalue weighted by Crippen LogP contribution is -2.26. The van der Waals surface area contributed by atoms with Gasteiger partial charge in [0.25, 0.3) is 0 Å². The zero-order chi connectivity index (χ0) is 12.8. The minimum absolute atomic E-state index is 0.111. The fraction of sp³-hybridized carbons (Fsp3) is 0.462. The molecule has 1 aromatic carbocycles. The summed E-state index contributed by atoms with van der Waals surface area (Å²) in [5.74, 6) is 1.35. The molecule has 3 N–H and O–H groups in total. The van der Waals surface area contributed by atoms with E-state index in [1.54, 1.807) is 0 Å². The summed E-state index contributed by atoms with van der Waals surface area (Å²) >= 11 is 0. The van der Waals surface area contributed by atoms with Crippen molar-refractivity contribution in [2.45, 2.75) is 26.7 Å². The van der Waals surface area contributed by atoms with E-state index in [1.807, 2.05) is 31.2 Å². The van der Waals surface area contributed by atoms with E-state index in [4.69, 9.17) is 15.7 Å². The number of oxime groups is 1. The second-order valence-electron chi connectivity index (χ2n) is 4.43. The first-order valence-corrected chi connectivity index (χ1v) is 5.75. The Morgan fingerprint density at radius 3 is 2.59 bits per heavy atom. The summed E-state index contributed by atoms with van der Waals surface area (Å²) in [5, 5.41) is 11.5. The minimum Gasteiger partial charge on any atom is -0.493 e. The summed E-state index contributed by atoms with van der Waals surface area (Å²) in [6.07, 6.45) is 0. The maximum absolute atomic E-state index is 8.55. The lowest BCUT2D eigenvalue weighted by atomic mass is 10.0. The zero-order valence-electron chi connectivity index (χ0n) is 10.6. The first-order chi connectivity index (χ1) is 8.06. The Balaban J connectivity index is 2.69. The highest BCUT2D eigenvalue weighted by Gasteiger charge is 2.11. The average molecular weight is 236 g/mol. The van der Waals surface area contributed by atoms with Crippen LogP contribution in [-0.4, -0.2) is 17.6 Å². The third-order valence-electron chi connectivity index (χ3n) is 2.65. The maximum atomic E-state index is 8.55. The van der Waals surface area contributed by atoms with Crippen LogP contribution in [0.4, 0.5) is 0 Å². The summed E-state index contributed by atoms with van der Waals surface area (Å²) in [4.78, 5) is 0. The molecule has 0 radical (unpaired) electrons. The summed E-state index contributed by atoms with van der Waals surface area (Å²) in [7, 11) is 0. The normalized spacial score (nSPS) is 13.8. The number of benzene rings is 1. The lowest BCUT2D eigenvalue weighted by Gasteiger charge is -2.16. The zero-order valence-corrected chi connectivity index (χ0v) is 10.6. The van der Waals surface area contributed by atoms with E-state index in [9.17, 15) is 0 Å². The van der Waals surface area contributed by atoms with Crippen LogP contribution in [0.3, 0.4) is 0 Å². The standard InChI is InChI=1S/C13H20N2O2/c1-9(2)11-6-4-5-7-12(11)17-8-10(3)13(14)15-16/h4-7,9-10,16H,8H2,1-3H3,(H2,14,15). The molecule has 0 aliphatic heterocycles. The largest absolute Gasteiger partial charge is 0.493 e. The highest BCUT2D eigenvalue weighted by Crippen LogP contribution is 2.26. The van der Waals surface area contributed by atoms with Gasteiger partial charge in [0, 0.05) is 0 Å². The van der Waals surface area contributed by atoms with Gasteiger partial charge in [0.05, 0.1) is 12.5 Å². The molecule has 0 spiro atoms. The fourth-order valence-corrected chi connectivity index (χ4v) is 1.49. The Morgan fingerprint density at radius 2 is 2.00 bits per heavy atom. The number of nitrogens with zero attached hydrogens (tertiary/aromatic N) is 1. The summed E-state index contributed by atoms with van der Waals surface area (Å²) in [5.41, 5.74) is 6.66. The van der Waals surface area contributed by atoms with Gasteiger partial charge < -0.3 is 15.7 Å². The van der Waals surface area contributed by atoms with Crippen LogP contribution < -0.4 is 10.5 Å². The SMILES string of the molecule is CC(COc1ccccc1C(C)C)/C(N)=N/O. The highest BCUT2D eigenvalue weighted by atomic mass is 16.5. The molecule has 0 saturated carbocycles. The van der Waals surface area contributed by atoms with Gasteiger partial charge in [-0.1, -0.05) is 44.1 Å². The molecule has 1 atom stereocenters. The number of para-hydroxylation sites is 1. The van der Waals surface area contributed by atoms with Gasteiger partial charge in [-0.15, -0.1) is 0 Å². The number of nitrogens with two attached hydrogens (primary N) is 1. The lowest BCUT2D eigenvalue weighted by molar-refractivity contribution is 0.276. The maximum Gasteiger partial charge on any atom is 0.145 e. The van der Waals surface area contributed by atoms with Crippen LogP contribution in [-0.2, 0) is 0 Å². The second-order valence-corrected chi connectivity index (χ2v) is 4.43. The van der Waals surface area contributed by atoms with Crippen LogP contribution in [0, 0.1) is 5.92 Å². The van der Waals surface area contributed by atoms with Crippen LogP contribution >= 0.6 is 0 Å². The summed E-state index contributed by atoms with van der Waals surface area (Å²) in [6, 6.07) is 7.92. The quantitative estimate of drug-likeness (QED) is 0.357. The van der Waals surface area contributed by atoms with Crippen LogP contribution in [0.25, 0.3) is 0 Å². The van der Waals surface area contributed by atoms with E-state index in [1.165, 1.54) is 5.56 Å². The first-order valence-electron chi connectivity index (χ1n) is 5.75. The molecule has 0 bridgehead atoms. The van der Waals surface area contributed by atoms with Gasteiger partial charge in [-0.3, -0.25) is 0 Å². The third kappa shape index (κ3) is 3.66. The van der Waals surface area contributed by atoms with Gasteiger partial charge >= 0.3 is 0 Å². The topological polar surface area (TPSA) is 67.8 Å². The van der Waals surface area contributed by atoms with Crippen molar-refractivity contribution in [2.75, 3.05) is 6.61 Å². The van der Waals surface area contributed by atoms with Crippen LogP contribution in [0.2, 0.25) is 0 Å². The van der Waals surface area contributed by atoms with E-state index in [0.29, 0.717) is 12.5 Å². The third-order valence-corrected chi connectivity index (χ3v) is 2.65. The van der Waals surface area contributed by atoms with Crippen LogP contribution in [0.15, 0.2) is 29.4 Å². The molecule has 17 heavy (non-hydrogen) atoms. The molecule has 4 nitrogen and oxygen atoms in total. The van der Waals surface area contributed by atoms with Gasteiger partial charge in [-0.25, -0.2) is 0 Å². The van der Waals surface area contributed by atoms with E-state index in [2.05, 4.69) is 19.0 Å². The number of rotatable bonds is 5. The molecule has 0 amide bonds.